The number of hydrogen-bond donors (Lipinski definition) is 0. The predicted octanol–water partition coefficient (Wildman–Crippen LogP) is 6.30. The molecule has 0 amide bonds. The van der Waals surface area contributed by atoms with E-state index in [1.165, 1.54) is 44.9 Å². The lowest BCUT2D eigenvalue weighted by Crippen LogP contribution is -1.92. The van der Waals surface area contributed by atoms with Crippen molar-refractivity contribution in [2.75, 3.05) is 13.2 Å². The molecular weight excluding hydrogens is 271 g/mol. The zero-order valence-electron chi connectivity index (χ0n) is 13.6. The van der Waals surface area contributed by atoms with Crippen LogP contribution in [0.3, 0.4) is 0 Å². The van der Waals surface area contributed by atoms with Gasteiger partial charge in [-0.25, -0.2) is 0 Å². The van der Waals surface area contributed by atoms with Crippen molar-refractivity contribution in [2.45, 2.75) is 78.6 Å². The molecule has 0 heterocycles. The Kier molecular flexibility index (Phi) is 13.8. The molecule has 0 atom stereocenters. The molecule has 0 saturated carbocycles. The molecule has 0 spiro atoms. The van der Waals surface area contributed by atoms with E-state index in [4.69, 9.17) is 9.05 Å². The van der Waals surface area contributed by atoms with Gasteiger partial charge in [0, 0.05) is 5.82 Å². The lowest BCUT2D eigenvalue weighted by molar-refractivity contribution is 0.229. The number of allylic oxidation sites excluding steroid dienone is 1. The number of rotatable bonds is 14. The fraction of sp³-hybridized carbons (Fsp3) is 0.875. The maximum atomic E-state index is 12.1. The van der Waals surface area contributed by atoms with Gasteiger partial charge < -0.3 is 9.05 Å². The first-order valence-electron chi connectivity index (χ1n) is 8.25. The van der Waals surface area contributed by atoms with E-state index in [1.807, 2.05) is 19.9 Å². The quantitative estimate of drug-likeness (QED) is 0.279. The van der Waals surface area contributed by atoms with Crippen molar-refractivity contribution in [2.24, 2.45) is 0 Å². The maximum absolute atomic E-state index is 12.1. The van der Waals surface area contributed by atoms with Gasteiger partial charge in [0.25, 0.3) is 0 Å². The van der Waals surface area contributed by atoms with Gasteiger partial charge in [-0.15, -0.1) is 0 Å². The summed E-state index contributed by atoms with van der Waals surface area (Å²) in [5.41, 5.74) is 0. The second kappa shape index (κ2) is 13.9. The van der Waals surface area contributed by atoms with E-state index in [0.29, 0.717) is 13.2 Å². The van der Waals surface area contributed by atoms with Crippen LogP contribution in [0.5, 0.6) is 0 Å². The molecule has 0 aliphatic heterocycles. The summed E-state index contributed by atoms with van der Waals surface area (Å²) < 4.78 is 22.5. The highest BCUT2D eigenvalue weighted by atomic mass is 31.2. The van der Waals surface area contributed by atoms with E-state index in [0.717, 1.165) is 12.8 Å². The molecule has 120 valence electrons. The fourth-order valence-electron chi connectivity index (χ4n) is 2.08. The average molecular weight is 304 g/mol. The SMILES string of the molecule is CCCCCCCCCC/C=C/P(=O)(OCC)OCC. The molecule has 0 saturated heterocycles. The van der Waals surface area contributed by atoms with Crippen molar-refractivity contribution in [1.29, 1.82) is 0 Å². The van der Waals surface area contributed by atoms with Crippen LogP contribution in [0.4, 0.5) is 0 Å². The number of unbranched alkanes of at least 4 members (excludes halogenated alkanes) is 8. The summed E-state index contributed by atoms with van der Waals surface area (Å²) in [5, 5.41) is 0. The predicted molar refractivity (Wildman–Crippen MR) is 87.2 cm³/mol. The smallest absolute Gasteiger partial charge is 0.306 e. The third kappa shape index (κ3) is 11.7. The summed E-state index contributed by atoms with van der Waals surface area (Å²) in [6.07, 6.45) is 13.4. The Labute approximate surface area is 125 Å². The van der Waals surface area contributed by atoms with Crippen molar-refractivity contribution in [1.82, 2.24) is 0 Å². The highest BCUT2D eigenvalue weighted by molar-refractivity contribution is 7.57. The average Bonchev–Trinajstić information content (AvgIpc) is 2.41. The molecule has 0 aliphatic carbocycles. The molecule has 0 rings (SSSR count). The Hall–Kier alpha value is -0.110. The molecule has 3 nitrogen and oxygen atoms in total. The molecule has 4 heteroatoms. The van der Waals surface area contributed by atoms with Crippen molar-refractivity contribution in [3.05, 3.63) is 11.9 Å². The standard InChI is InChI=1S/C16H33O3P/c1-4-7-8-9-10-11-12-13-14-15-16-20(17,18-5-2)19-6-3/h15-16H,4-14H2,1-3H3/b16-15+. The lowest BCUT2D eigenvalue weighted by atomic mass is 10.1. The lowest BCUT2D eigenvalue weighted by Gasteiger charge is -2.12. The minimum atomic E-state index is -2.97. The van der Waals surface area contributed by atoms with E-state index in [1.54, 1.807) is 5.82 Å². The van der Waals surface area contributed by atoms with Crippen LogP contribution in [0, 0.1) is 0 Å². The maximum Gasteiger partial charge on any atom is 0.353 e. The zero-order chi connectivity index (χ0) is 15.1. The molecule has 0 fully saturated rings. The Morgan fingerprint density at radius 3 is 1.80 bits per heavy atom. The summed E-state index contributed by atoms with van der Waals surface area (Å²) >= 11 is 0. The van der Waals surface area contributed by atoms with Gasteiger partial charge in [-0.05, 0) is 26.7 Å². The first-order chi connectivity index (χ1) is 9.68. The summed E-state index contributed by atoms with van der Waals surface area (Å²) in [7, 11) is -2.97. The van der Waals surface area contributed by atoms with Crippen LogP contribution in [0.1, 0.15) is 78.6 Å². The first-order valence-corrected chi connectivity index (χ1v) is 9.86. The van der Waals surface area contributed by atoms with Crippen molar-refractivity contribution in [3.63, 3.8) is 0 Å². The van der Waals surface area contributed by atoms with Crippen LogP contribution in [-0.4, -0.2) is 13.2 Å². The largest absolute Gasteiger partial charge is 0.353 e. The monoisotopic (exact) mass is 304 g/mol. The van der Waals surface area contributed by atoms with Crippen LogP contribution in [0.15, 0.2) is 11.9 Å². The van der Waals surface area contributed by atoms with Gasteiger partial charge in [-0.3, -0.25) is 4.57 Å². The molecule has 0 N–H and O–H groups in total. The Bertz CT molecular complexity index is 267. The second-order valence-corrected chi connectivity index (χ2v) is 6.92. The van der Waals surface area contributed by atoms with Gasteiger partial charge in [-0.1, -0.05) is 57.9 Å². The van der Waals surface area contributed by atoms with Crippen LogP contribution < -0.4 is 0 Å². The Morgan fingerprint density at radius 1 is 0.800 bits per heavy atom. The van der Waals surface area contributed by atoms with Gasteiger partial charge in [0.15, 0.2) is 0 Å². The fourth-order valence-corrected chi connectivity index (χ4v) is 3.46. The molecule has 0 unspecified atom stereocenters. The second-order valence-electron chi connectivity index (χ2n) is 5.02. The van der Waals surface area contributed by atoms with Crippen LogP contribution in [-0.2, 0) is 13.6 Å². The van der Waals surface area contributed by atoms with E-state index in [2.05, 4.69) is 6.92 Å². The summed E-state index contributed by atoms with van der Waals surface area (Å²) in [4.78, 5) is 0. The summed E-state index contributed by atoms with van der Waals surface area (Å²) in [6.45, 7) is 6.74. The Balaban J connectivity index is 3.61. The topological polar surface area (TPSA) is 35.5 Å². The molecule has 0 bridgehead atoms. The normalized spacial score (nSPS) is 12.3. The highest BCUT2D eigenvalue weighted by Gasteiger charge is 2.18. The van der Waals surface area contributed by atoms with Gasteiger partial charge in [0.05, 0.1) is 13.2 Å². The molecule has 0 aromatic carbocycles. The highest BCUT2D eigenvalue weighted by Crippen LogP contribution is 2.49. The van der Waals surface area contributed by atoms with E-state index >= 15 is 0 Å². The van der Waals surface area contributed by atoms with Gasteiger partial charge in [-0.2, -0.15) is 0 Å². The van der Waals surface area contributed by atoms with Crippen molar-refractivity contribution in [3.8, 4) is 0 Å². The molecule has 0 aromatic heterocycles. The Morgan fingerprint density at radius 2 is 1.30 bits per heavy atom. The summed E-state index contributed by atoms with van der Waals surface area (Å²) in [5.74, 6) is 1.63. The summed E-state index contributed by atoms with van der Waals surface area (Å²) in [6, 6.07) is 0. The van der Waals surface area contributed by atoms with Crippen LogP contribution in [0.25, 0.3) is 0 Å². The van der Waals surface area contributed by atoms with Crippen molar-refractivity contribution < 1.29 is 13.6 Å². The molecule has 0 aliphatic rings. The molecule has 0 aromatic rings. The zero-order valence-corrected chi connectivity index (χ0v) is 14.5. The molecule has 20 heavy (non-hydrogen) atoms. The third-order valence-corrected chi connectivity index (χ3v) is 4.94. The first kappa shape index (κ1) is 19.9. The molecular formula is C16H33O3P. The minimum absolute atomic E-state index is 0.416. The van der Waals surface area contributed by atoms with Crippen molar-refractivity contribution >= 4 is 7.60 Å². The molecule has 0 radical (unpaired) electrons. The minimum Gasteiger partial charge on any atom is -0.306 e. The van der Waals surface area contributed by atoms with Crippen LogP contribution >= 0.6 is 7.60 Å². The van der Waals surface area contributed by atoms with E-state index in [-0.39, 0.29) is 0 Å². The van der Waals surface area contributed by atoms with Gasteiger partial charge in [0.2, 0.25) is 0 Å². The van der Waals surface area contributed by atoms with Crippen LogP contribution in [0.2, 0.25) is 0 Å². The van der Waals surface area contributed by atoms with E-state index in [9.17, 15) is 4.57 Å². The third-order valence-electron chi connectivity index (χ3n) is 3.13. The van der Waals surface area contributed by atoms with E-state index < -0.39 is 7.60 Å². The number of hydrogen-bond acceptors (Lipinski definition) is 3. The van der Waals surface area contributed by atoms with Gasteiger partial charge >= 0.3 is 7.60 Å². The van der Waals surface area contributed by atoms with Gasteiger partial charge in [0.1, 0.15) is 0 Å².